The van der Waals surface area contributed by atoms with Gasteiger partial charge in [0.2, 0.25) is 0 Å². The van der Waals surface area contributed by atoms with E-state index in [0.717, 1.165) is 22.6 Å². The number of nitrogens with zero attached hydrogens (tertiary/aromatic N) is 1. The number of benzene rings is 1. The molecule has 0 amide bonds. The lowest BCUT2D eigenvalue weighted by Gasteiger charge is -2.08. The molecule has 0 aliphatic heterocycles. The zero-order valence-electron chi connectivity index (χ0n) is 12.4. The summed E-state index contributed by atoms with van der Waals surface area (Å²) in [4.78, 5) is 20.9. The first kappa shape index (κ1) is 15.7. The molecule has 0 aliphatic rings. The summed E-state index contributed by atoms with van der Waals surface area (Å²) in [6.07, 6.45) is -3.73. The Kier molecular flexibility index (Phi) is 3.75. The number of nitrogens with one attached hydrogen (secondary N) is 1. The van der Waals surface area contributed by atoms with E-state index in [1.165, 1.54) is 23.5 Å². The second-order valence-electron chi connectivity index (χ2n) is 5.16. The Bertz CT molecular complexity index is 941. The lowest BCUT2D eigenvalue weighted by Crippen LogP contribution is -2.10. The van der Waals surface area contributed by atoms with Gasteiger partial charge in [-0.1, -0.05) is 19.1 Å². The minimum absolute atomic E-state index is 0.150. The number of alkyl halides is 3. The minimum Gasteiger partial charge on any atom is -0.306 e. The number of hydrogen-bond donors (Lipinski definition) is 1. The van der Waals surface area contributed by atoms with Gasteiger partial charge in [-0.25, -0.2) is 4.98 Å². The highest BCUT2D eigenvalue weighted by molar-refractivity contribution is 7.18. The summed E-state index contributed by atoms with van der Waals surface area (Å²) in [7, 11) is 0. The van der Waals surface area contributed by atoms with Crippen molar-refractivity contribution in [3.8, 4) is 11.4 Å². The van der Waals surface area contributed by atoms with Gasteiger partial charge in [-0.15, -0.1) is 11.3 Å². The standard InChI is InChI=1S/C16H13F3N2OS/c1-3-11-8(2)23-15-12(11)14(22)20-13(21-15)9-5-4-6-10(7-9)16(17,18)19/h4-7H,3H2,1-2H3,(H,20,21,22). The molecule has 0 radical (unpaired) electrons. The van der Waals surface area contributed by atoms with Gasteiger partial charge in [0.15, 0.2) is 0 Å². The first-order valence-electron chi connectivity index (χ1n) is 7.01. The number of rotatable bonds is 2. The summed E-state index contributed by atoms with van der Waals surface area (Å²) in [6, 6.07) is 4.79. The van der Waals surface area contributed by atoms with E-state index < -0.39 is 11.7 Å². The average Bonchev–Trinajstić information content (AvgIpc) is 2.82. The summed E-state index contributed by atoms with van der Waals surface area (Å²) in [5, 5.41) is 0.533. The maximum Gasteiger partial charge on any atom is 0.416 e. The number of aromatic amines is 1. The number of aryl methyl sites for hydroxylation is 2. The molecule has 0 spiro atoms. The van der Waals surface area contributed by atoms with Crippen LogP contribution in [0.2, 0.25) is 0 Å². The third-order valence-corrected chi connectivity index (χ3v) is 4.72. The van der Waals surface area contributed by atoms with Crippen molar-refractivity contribution in [2.75, 3.05) is 0 Å². The molecule has 23 heavy (non-hydrogen) atoms. The van der Waals surface area contributed by atoms with Gasteiger partial charge in [0.1, 0.15) is 10.7 Å². The quantitative estimate of drug-likeness (QED) is 0.745. The van der Waals surface area contributed by atoms with Crippen molar-refractivity contribution in [1.82, 2.24) is 9.97 Å². The van der Waals surface area contributed by atoms with E-state index in [1.807, 2.05) is 13.8 Å². The smallest absolute Gasteiger partial charge is 0.306 e. The summed E-state index contributed by atoms with van der Waals surface area (Å²) in [6.45, 7) is 3.86. The Morgan fingerprint density at radius 3 is 2.70 bits per heavy atom. The summed E-state index contributed by atoms with van der Waals surface area (Å²) >= 11 is 1.38. The van der Waals surface area contributed by atoms with Crippen molar-refractivity contribution in [1.29, 1.82) is 0 Å². The molecule has 1 aromatic carbocycles. The molecule has 3 nitrogen and oxygen atoms in total. The van der Waals surface area contributed by atoms with Gasteiger partial charge in [-0.05, 0) is 31.0 Å². The van der Waals surface area contributed by atoms with E-state index in [2.05, 4.69) is 9.97 Å². The van der Waals surface area contributed by atoms with Crippen LogP contribution in [0.1, 0.15) is 22.9 Å². The second kappa shape index (κ2) is 5.49. The van der Waals surface area contributed by atoms with Crippen LogP contribution < -0.4 is 5.56 Å². The van der Waals surface area contributed by atoms with Crippen molar-refractivity contribution >= 4 is 21.6 Å². The number of halogens is 3. The predicted octanol–water partition coefficient (Wildman–Crippen LogP) is 4.54. The fourth-order valence-electron chi connectivity index (χ4n) is 2.58. The topological polar surface area (TPSA) is 45.8 Å². The Morgan fingerprint density at radius 2 is 2.04 bits per heavy atom. The molecule has 120 valence electrons. The Morgan fingerprint density at radius 1 is 1.30 bits per heavy atom. The maximum absolute atomic E-state index is 12.8. The number of hydrogen-bond acceptors (Lipinski definition) is 3. The van der Waals surface area contributed by atoms with Crippen molar-refractivity contribution in [3.63, 3.8) is 0 Å². The molecule has 3 aromatic rings. The molecule has 0 saturated heterocycles. The molecule has 7 heteroatoms. The monoisotopic (exact) mass is 338 g/mol. The molecule has 2 heterocycles. The Labute approximate surface area is 133 Å². The molecule has 0 aliphatic carbocycles. The van der Waals surface area contributed by atoms with Gasteiger partial charge in [-0.3, -0.25) is 4.79 Å². The zero-order valence-corrected chi connectivity index (χ0v) is 13.2. The fraction of sp³-hybridized carbons (Fsp3) is 0.250. The Balaban J connectivity index is 2.20. The lowest BCUT2D eigenvalue weighted by molar-refractivity contribution is -0.137. The summed E-state index contributed by atoms with van der Waals surface area (Å²) in [5.74, 6) is 0.150. The van der Waals surface area contributed by atoms with Gasteiger partial charge in [0.25, 0.3) is 5.56 Å². The third kappa shape index (κ3) is 2.76. The Hall–Kier alpha value is -2.15. The maximum atomic E-state index is 12.8. The molecule has 2 aromatic heterocycles. The van der Waals surface area contributed by atoms with Crippen LogP contribution in [0.3, 0.4) is 0 Å². The third-order valence-electron chi connectivity index (χ3n) is 3.68. The molecule has 0 bridgehead atoms. The van der Waals surface area contributed by atoms with Gasteiger partial charge >= 0.3 is 6.18 Å². The zero-order chi connectivity index (χ0) is 16.8. The number of thiophene rings is 1. The molecule has 0 saturated carbocycles. The first-order valence-corrected chi connectivity index (χ1v) is 7.83. The molecule has 0 unspecified atom stereocenters. The highest BCUT2D eigenvalue weighted by atomic mass is 32.1. The van der Waals surface area contributed by atoms with E-state index in [-0.39, 0.29) is 16.9 Å². The summed E-state index contributed by atoms with van der Waals surface area (Å²) < 4.78 is 38.5. The minimum atomic E-state index is -4.44. The van der Waals surface area contributed by atoms with Crippen LogP contribution in [0.4, 0.5) is 13.2 Å². The molecule has 1 N–H and O–H groups in total. The molecule has 0 fully saturated rings. The van der Waals surface area contributed by atoms with Crippen molar-refractivity contribution in [2.24, 2.45) is 0 Å². The first-order chi connectivity index (χ1) is 10.8. The number of aromatic nitrogens is 2. The van der Waals surface area contributed by atoms with E-state index >= 15 is 0 Å². The lowest BCUT2D eigenvalue weighted by atomic mass is 10.1. The van der Waals surface area contributed by atoms with Crippen molar-refractivity contribution in [2.45, 2.75) is 26.4 Å². The molecular weight excluding hydrogens is 325 g/mol. The van der Waals surface area contributed by atoms with Crippen LogP contribution in [-0.4, -0.2) is 9.97 Å². The highest BCUT2D eigenvalue weighted by Gasteiger charge is 2.30. The normalized spacial score (nSPS) is 12.0. The predicted molar refractivity (Wildman–Crippen MR) is 84.8 cm³/mol. The summed E-state index contributed by atoms with van der Waals surface area (Å²) in [5.41, 5.74) is 0.0928. The van der Waals surface area contributed by atoms with Crippen LogP contribution in [-0.2, 0) is 12.6 Å². The van der Waals surface area contributed by atoms with E-state index in [1.54, 1.807) is 0 Å². The van der Waals surface area contributed by atoms with Crippen LogP contribution in [0, 0.1) is 6.92 Å². The number of fused-ring (bicyclic) bond motifs is 1. The van der Waals surface area contributed by atoms with Gasteiger partial charge in [-0.2, -0.15) is 13.2 Å². The fourth-order valence-corrected chi connectivity index (χ4v) is 3.69. The molecular formula is C16H13F3N2OS. The van der Waals surface area contributed by atoms with Gasteiger partial charge in [0.05, 0.1) is 10.9 Å². The highest BCUT2D eigenvalue weighted by Crippen LogP contribution is 2.32. The van der Waals surface area contributed by atoms with Gasteiger partial charge in [0, 0.05) is 10.4 Å². The van der Waals surface area contributed by atoms with Crippen LogP contribution >= 0.6 is 11.3 Å². The molecule has 0 atom stereocenters. The van der Waals surface area contributed by atoms with Crippen molar-refractivity contribution in [3.05, 3.63) is 50.6 Å². The van der Waals surface area contributed by atoms with Gasteiger partial charge < -0.3 is 4.98 Å². The SMILES string of the molecule is CCc1c(C)sc2nc(-c3cccc(C(F)(F)F)c3)[nH]c(=O)c12. The number of H-pyrrole nitrogens is 1. The van der Waals surface area contributed by atoms with Crippen LogP contribution in [0.5, 0.6) is 0 Å². The average molecular weight is 338 g/mol. The van der Waals surface area contributed by atoms with E-state index in [4.69, 9.17) is 0 Å². The molecule has 3 rings (SSSR count). The van der Waals surface area contributed by atoms with Crippen LogP contribution in [0.15, 0.2) is 29.1 Å². The van der Waals surface area contributed by atoms with E-state index in [0.29, 0.717) is 16.6 Å². The largest absolute Gasteiger partial charge is 0.416 e. The van der Waals surface area contributed by atoms with E-state index in [9.17, 15) is 18.0 Å². The second-order valence-corrected chi connectivity index (χ2v) is 6.37. The van der Waals surface area contributed by atoms with Crippen molar-refractivity contribution < 1.29 is 13.2 Å². The van der Waals surface area contributed by atoms with Crippen LogP contribution in [0.25, 0.3) is 21.6 Å².